The first kappa shape index (κ1) is 12.8. The van der Waals surface area contributed by atoms with E-state index in [2.05, 4.69) is 0 Å². The zero-order valence-electron chi connectivity index (χ0n) is 10.1. The van der Waals surface area contributed by atoms with E-state index in [-0.39, 0.29) is 11.5 Å². The molecule has 0 saturated heterocycles. The van der Waals surface area contributed by atoms with Gasteiger partial charge in [0.15, 0.2) is 0 Å². The van der Waals surface area contributed by atoms with Gasteiger partial charge in [0.25, 0.3) is 5.91 Å². The Morgan fingerprint density at radius 2 is 2.18 bits per heavy atom. The molecule has 0 heterocycles. The monoisotopic (exact) mass is 230 g/mol. The molecule has 1 aromatic rings. The molecule has 0 aromatic heterocycles. The first-order valence-corrected chi connectivity index (χ1v) is 5.06. The van der Waals surface area contributed by atoms with Crippen LogP contribution in [0.5, 0.6) is 5.75 Å². The van der Waals surface area contributed by atoms with Crippen molar-refractivity contribution < 1.29 is 9.53 Å². The number of benzene rings is 1. The average molecular weight is 230 g/mol. The molecule has 4 heteroatoms. The van der Waals surface area contributed by atoms with Gasteiger partial charge in [0.05, 0.1) is 7.11 Å². The number of rotatable bonds is 3. The van der Waals surface area contributed by atoms with Gasteiger partial charge in [-0.2, -0.15) is 5.26 Å². The van der Waals surface area contributed by atoms with Gasteiger partial charge >= 0.3 is 0 Å². The summed E-state index contributed by atoms with van der Waals surface area (Å²) < 4.78 is 5.07. The molecule has 88 valence electrons. The van der Waals surface area contributed by atoms with Crippen molar-refractivity contribution in [3.05, 3.63) is 35.4 Å². The quantitative estimate of drug-likeness (QED) is 0.586. The predicted octanol–water partition coefficient (Wildman–Crippen LogP) is 1.69. The average Bonchev–Trinajstić information content (AvgIpc) is 2.35. The van der Waals surface area contributed by atoms with Crippen LogP contribution in [0.15, 0.2) is 29.8 Å². The van der Waals surface area contributed by atoms with E-state index in [0.29, 0.717) is 5.75 Å². The highest BCUT2D eigenvalue weighted by Gasteiger charge is 2.10. The van der Waals surface area contributed by atoms with Crippen LogP contribution in [0.25, 0.3) is 6.08 Å². The van der Waals surface area contributed by atoms with Gasteiger partial charge in [-0.05, 0) is 23.8 Å². The third-order valence-electron chi connectivity index (χ3n) is 2.16. The number of hydrogen-bond acceptors (Lipinski definition) is 3. The minimum absolute atomic E-state index is 0.100. The molecule has 0 radical (unpaired) electrons. The van der Waals surface area contributed by atoms with Crippen molar-refractivity contribution >= 4 is 12.0 Å². The normalized spacial score (nSPS) is 10.6. The third kappa shape index (κ3) is 3.35. The predicted molar refractivity (Wildman–Crippen MR) is 65.3 cm³/mol. The summed E-state index contributed by atoms with van der Waals surface area (Å²) in [7, 11) is 4.79. The number of ether oxygens (including phenoxy) is 1. The molecule has 4 nitrogen and oxygen atoms in total. The molecule has 0 aliphatic carbocycles. The van der Waals surface area contributed by atoms with Crippen molar-refractivity contribution in [1.29, 1.82) is 5.26 Å². The van der Waals surface area contributed by atoms with Crippen molar-refractivity contribution in [2.24, 2.45) is 0 Å². The molecule has 0 saturated carbocycles. The van der Waals surface area contributed by atoms with Crippen LogP contribution in [0.3, 0.4) is 0 Å². The molecule has 0 N–H and O–H groups in total. The van der Waals surface area contributed by atoms with Gasteiger partial charge in [0, 0.05) is 14.1 Å². The second-order valence-corrected chi connectivity index (χ2v) is 3.65. The molecule has 1 rings (SSSR count). The number of nitrogens with zero attached hydrogens (tertiary/aromatic N) is 2. The lowest BCUT2D eigenvalue weighted by Crippen LogP contribution is -2.22. The van der Waals surface area contributed by atoms with E-state index >= 15 is 0 Å². The van der Waals surface area contributed by atoms with E-state index in [4.69, 9.17) is 10.00 Å². The van der Waals surface area contributed by atoms with Gasteiger partial charge < -0.3 is 9.64 Å². The lowest BCUT2D eigenvalue weighted by Gasteiger charge is -2.08. The van der Waals surface area contributed by atoms with E-state index in [1.807, 2.05) is 12.1 Å². The fourth-order valence-electron chi connectivity index (χ4n) is 1.28. The number of methoxy groups -OCH3 is 1. The van der Waals surface area contributed by atoms with E-state index < -0.39 is 0 Å². The van der Waals surface area contributed by atoms with Gasteiger partial charge in [-0.25, -0.2) is 0 Å². The summed E-state index contributed by atoms with van der Waals surface area (Å²) in [6.45, 7) is 0. The summed E-state index contributed by atoms with van der Waals surface area (Å²) in [4.78, 5) is 13.0. The molecule has 0 aliphatic rings. The molecular formula is C13H14N2O2. The highest BCUT2D eigenvalue weighted by atomic mass is 16.5. The zero-order valence-corrected chi connectivity index (χ0v) is 10.1. The number of carbonyl (C=O) groups excluding carboxylic acids is 1. The van der Waals surface area contributed by atoms with E-state index in [9.17, 15) is 4.79 Å². The third-order valence-corrected chi connectivity index (χ3v) is 2.16. The van der Waals surface area contributed by atoms with Crippen molar-refractivity contribution in [3.8, 4) is 11.8 Å². The van der Waals surface area contributed by atoms with Crippen molar-refractivity contribution in [3.63, 3.8) is 0 Å². The molecule has 1 amide bonds. The second-order valence-electron chi connectivity index (χ2n) is 3.65. The zero-order chi connectivity index (χ0) is 12.8. The van der Waals surface area contributed by atoms with Crippen LogP contribution in [0.1, 0.15) is 5.56 Å². The Morgan fingerprint density at radius 1 is 1.47 bits per heavy atom. The maximum absolute atomic E-state index is 11.6. The van der Waals surface area contributed by atoms with Crippen LogP contribution >= 0.6 is 0 Å². The number of carbonyl (C=O) groups is 1. The molecule has 0 spiro atoms. The van der Waals surface area contributed by atoms with Crippen LogP contribution in [-0.4, -0.2) is 32.0 Å². The smallest absolute Gasteiger partial charge is 0.264 e. The maximum atomic E-state index is 11.6. The molecule has 0 bridgehead atoms. The summed E-state index contributed by atoms with van der Waals surface area (Å²) >= 11 is 0. The fraction of sp³-hybridized carbons (Fsp3) is 0.231. The SMILES string of the molecule is COc1cccc(/C=C(/C#N)C(=O)N(C)C)c1. The summed E-state index contributed by atoms with van der Waals surface area (Å²) in [5.41, 5.74) is 0.861. The molecule has 0 fully saturated rings. The summed E-state index contributed by atoms with van der Waals surface area (Å²) in [6.07, 6.45) is 1.55. The van der Waals surface area contributed by atoms with Gasteiger partial charge in [0.1, 0.15) is 17.4 Å². The van der Waals surface area contributed by atoms with Crippen molar-refractivity contribution in [2.45, 2.75) is 0 Å². The summed E-state index contributed by atoms with van der Waals surface area (Å²) in [6, 6.07) is 9.08. The molecule has 17 heavy (non-hydrogen) atoms. The minimum atomic E-state index is -0.310. The number of hydrogen-bond donors (Lipinski definition) is 0. The standard InChI is InChI=1S/C13H14N2O2/c1-15(2)13(16)11(9-14)7-10-5-4-6-12(8-10)17-3/h4-8H,1-3H3/b11-7-. The van der Waals surface area contributed by atoms with Gasteiger partial charge in [-0.3, -0.25) is 4.79 Å². The van der Waals surface area contributed by atoms with Crippen LogP contribution < -0.4 is 4.74 Å². The van der Waals surface area contributed by atoms with Crippen molar-refractivity contribution in [2.75, 3.05) is 21.2 Å². The number of nitriles is 1. The Bertz CT molecular complexity index is 484. The molecule has 0 unspecified atom stereocenters. The van der Waals surface area contributed by atoms with Crippen LogP contribution in [0, 0.1) is 11.3 Å². The van der Waals surface area contributed by atoms with E-state index in [1.54, 1.807) is 45.5 Å². The highest BCUT2D eigenvalue weighted by Crippen LogP contribution is 2.15. The van der Waals surface area contributed by atoms with E-state index in [1.165, 1.54) is 4.90 Å². The minimum Gasteiger partial charge on any atom is -0.497 e. The van der Waals surface area contributed by atoms with E-state index in [0.717, 1.165) is 5.56 Å². The summed E-state index contributed by atoms with van der Waals surface area (Å²) in [5, 5.41) is 8.94. The summed E-state index contributed by atoms with van der Waals surface area (Å²) in [5.74, 6) is 0.378. The first-order chi connectivity index (χ1) is 8.08. The topological polar surface area (TPSA) is 53.3 Å². The van der Waals surface area contributed by atoms with Crippen LogP contribution in [0.2, 0.25) is 0 Å². The van der Waals surface area contributed by atoms with Crippen molar-refractivity contribution in [1.82, 2.24) is 4.90 Å². The maximum Gasteiger partial charge on any atom is 0.264 e. The lowest BCUT2D eigenvalue weighted by atomic mass is 10.1. The second kappa shape index (κ2) is 5.71. The van der Waals surface area contributed by atoms with Gasteiger partial charge in [0.2, 0.25) is 0 Å². The Morgan fingerprint density at radius 3 is 2.71 bits per heavy atom. The first-order valence-electron chi connectivity index (χ1n) is 5.06. The Hall–Kier alpha value is -2.28. The van der Waals surface area contributed by atoms with Crippen LogP contribution in [0.4, 0.5) is 0 Å². The molecule has 1 aromatic carbocycles. The fourth-order valence-corrected chi connectivity index (χ4v) is 1.28. The van der Waals surface area contributed by atoms with Crippen LogP contribution in [-0.2, 0) is 4.79 Å². The molecule has 0 atom stereocenters. The Kier molecular flexibility index (Phi) is 4.29. The van der Waals surface area contributed by atoms with Gasteiger partial charge in [-0.15, -0.1) is 0 Å². The number of likely N-dealkylation sites (N-methyl/N-ethyl adjacent to an activating group) is 1. The number of amides is 1. The van der Waals surface area contributed by atoms with Gasteiger partial charge in [-0.1, -0.05) is 12.1 Å². The highest BCUT2D eigenvalue weighted by molar-refractivity contribution is 6.01. The largest absolute Gasteiger partial charge is 0.497 e. The molecular weight excluding hydrogens is 216 g/mol. The lowest BCUT2D eigenvalue weighted by molar-refractivity contribution is -0.124. The Labute approximate surface area is 101 Å². The molecule has 0 aliphatic heterocycles. The Balaban J connectivity index is 3.07.